The molecule has 2 atom stereocenters. The highest BCUT2D eigenvalue weighted by Gasteiger charge is 2.21. The smallest absolute Gasteiger partial charge is 0.0414 e. The lowest BCUT2D eigenvalue weighted by Crippen LogP contribution is -2.45. The summed E-state index contributed by atoms with van der Waals surface area (Å²) in [5, 5.41) is 3.28. The first-order chi connectivity index (χ1) is 9.11. The Labute approximate surface area is 117 Å². The van der Waals surface area contributed by atoms with Gasteiger partial charge in [-0.2, -0.15) is 0 Å². The van der Waals surface area contributed by atoms with Crippen molar-refractivity contribution in [1.29, 1.82) is 0 Å². The van der Waals surface area contributed by atoms with Crippen LogP contribution < -0.4 is 10.2 Å². The fourth-order valence-electron chi connectivity index (χ4n) is 2.83. The highest BCUT2D eigenvalue weighted by Crippen LogP contribution is 2.23. The van der Waals surface area contributed by atoms with E-state index in [1.807, 2.05) is 7.05 Å². The summed E-state index contributed by atoms with van der Waals surface area (Å²) in [5.74, 6) is 0. The minimum atomic E-state index is 0.417. The fraction of sp³-hybridized carbons (Fsp3) is 0.625. The average molecular weight is 261 g/mol. The van der Waals surface area contributed by atoms with E-state index in [0.717, 1.165) is 0 Å². The van der Waals surface area contributed by atoms with Gasteiger partial charge in [-0.15, -0.1) is 0 Å². The summed E-state index contributed by atoms with van der Waals surface area (Å²) in [4.78, 5) is 4.87. The molecule has 3 heteroatoms. The monoisotopic (exact) mass is 261 g/mol. The zero-order valence-corrected chi connectivity index (χ0v) is 12.7. The van der Waals surface area contributed by atoms with Crippen LogP contribution in [-0.4, -0.2) is 45.2 Å². The van der Waals surface area contributed by atoms with Gasteiger partial charge in [0.2, 0.25) is 0 Å². The van der Waals surface area contributed by atoms with E-state index in [0.29, 0.717) is 12.1 Å². The number of hydrogen-bond acceptors (Lipinski definition) is 3. The van der Waals surface area contributed by atoms with Crippen LogP contribution in [0.2, 0.25) is 0 Å². The second-order valence-electron chi connectivity index (χ2n) is 5.77. The van der Waals surface area contributed by atoms with E-state index in [4.69, 9.17) is 0 Å². The minimum Gasteiger partial charge on any atom is -0.370 e. The first-order valence-electron chi connectivity index (χ1n) is 7.30. The molecule has 0 aliphatic carbocycles. The van der Waals surface area contributed by atoms with Gasteiger partial charge in [-0.1, -0.05) is 12.1 Å². The van der Waals surface area contributed by atoms with Crippen molar-refractivity contribution in [3.8, 4) is 0 Å². The number of likely N-dealkylation sites (tertiary alicyclic amines) is 1. The maximum absolute atomic E-state index is 3.28. The maximum atomic E-state index is 3.28. The molecule has 106 valence electrons. The molecule has 0 aromatic heterocycles. The van der Waals surface area contributed by atoms with E-state index in [-0.39, 0.29) is 0 Å². The van der Waals surface area contributed by atoms with Crippen LogP contribution in [0.5, 0.6) is 0 Å². The zero-order chi connectivity index (χ0) is 13.8. The Morgan fingerprint density at radius 2 is 2.00 bits per heavy atom. The van der Waals surface area contributed by atoms with Gasteiger partial charge in [-0.25, -0.2) is 0 Å². The SMILES string of the molecule is CNC(C)c1ccc(N(C)C2CCCN(C)C2)cc1. The molecule has 1 N–H and O–H groups in total. The topological polar surface area (TPSA) is 18.5 Å². The lowest BCUT2D eigenvalue weighted by Gasteiger charge is -2.37. The molecule has 0 amide bonds. The van der Waals surface area contributed by atoms with Crippen LogP contribution in [0.4, 0.5) is 5.69 Å². The summed E-state index contributed by atoms with van der Waals surface area (Å²) in [7, 11) is 6.45. The zero-order valence-electron chi connectivity index (χ0n) is 12.7. The van der Waals surface area contributed by atoms with Gasteiger partial charge in [0.1, 0.15) is 0 Å². The number of nitrogens with one attached hydrogen (secondary N) is 1. The third-order valence-corrected chi connectivity index (χ3v) is 4.38. The van der Waals surface area contributed by atoms with Gasteiger partial charge in [0, 0.05) is 31.4 Å². The van der Waals surface area contributed by atoms with Crippen LogP contribution in [0.3, 0.4) is 0 Å². The number of likely N-dealkylation sites (N-methyl/N-ethyl adjacent to an activating group) is 2. The molecule has 1 aromatic rings. The van der Waals surface area contributed by atoms with Gasteiger partial charge in [-0.3, -0.25) is 0 Å². The Kier molecular flexibility index (Phi) is 4.83. The van der Waals surface area contributed by atoms with Crippen molar-refractivity contribution in [3.05, 3.63) is 29.8 Å². The molecule has 1 aromatic carbocycles. The van der Waals surface area contributed by atoms with Crippen LogP contribution in [-0.2, 0) is 0 Å². The number of hydrogen-bond donors (Lipinski definition) is 1. The Hall–Kier alpha value is -1.06. The lowest BCUT2D eigenvalue weighted by atomic mass is 10.0. The van der Waals surface area contributed by atoms with E-state index < -0.39 is 0 Å². The number of piperidine rings is 1. The first-order valence-corrected chi connectivity index (χ1v) is 7.30. The van der Waals surface area contributed by atoms with Crippen LogP contribution in [0.15, 0.2) is 24.3 Å². The normalized spacial score (nSPS) is 22.2. The average Bonchev–Trinajstić information content (AvgIpc) is 2.46. The fourth-order valence-corrected chi connectivity index (χ4v) is 2.83. The molecule has 3 nitrogen and oxygen atoms in total. The third kappa shape index (κ3) is 3.48. The first kappa shape index (κ1) is 14.4. The van der Waals surface area contributed by atoms with Gasteiger partial charge < -0.3 is 15.1 Å². The molecular weight excluding hydrogens is 234 g/mol. The second-order valence-corrected chi connectivity index (χ2v) is 5.77. The Morgan fingerprint density at radius 1 is 1.32 bits per heavy atom. The largest absolute Gasteiger partial charge is 0.370 e. The number of benzene rings is 1. The Balaban J connectivity index is 2.04. The molecule has 1 fully saturated rings. The van der Waals surface area contributed by atoms with Gasteiger partial charge in [0.05, 0.1) is 0 Å². The highest BCUT2D eigenvalue weighted by atomic mass is 15.2. The van der Waals surface area contributed by atoms with Crippen LogP contribution >= 0.6 is 0 Å². The molecule has 19 heavy (non-hydrogen) atoms. The van der Waals surface area contributed by atoms with E-state index in [1.54, 1.807) is 0 Å². The predicted molar refractivity (Wildman–Crippen MR) is 82.8 cm³/mol. The molecular formula is C16H27N3. The summed E-state index contributed by atoms with van der Waals surface area (Å²) in [6.07, 6.45) is 2.61. The van der Waals surface area contributed by atoms with Gasteiger partial charge >= 0.3 is 0 Å². The number of rotatable bonds is 4. The Bertz CT molecular complexity index is 387. The standard InChI is InChI=1S/C16H27N3/c1-13(17-2)14-7-9-15(10-8-14)19(4)16-6-5-11-18(3)12-16/h7-10,13,16-17H,5-6,11-12H2,1-4H3. The number of anilines is 1. The summed E-state index contributed by atoms with van der Waals surface area (Å²) in [6, 6.07) is 10.0. The molecule has 0 saturated carbocycles. The molecule has 1 heterocycles. The molecule has 1 aliphatic rings. The maximum Gasteiger partial charge on any atom is 0.0414 e. The van der Waals surface area contributed by atoms with Gasteiger partial charge in [-0.05, 0) is 58.1 Å². The quantitative estimate of drug-likeness (QED) is 0.898. The van der Waals surface area contributed by atoms with Crippen molar-refractivity contribution < 1.29 is 0 Å². The summed E-state index contributed by atoms with van der Waals surface area (Å²) in [5.41, 5.74) is 2.67. The van der Waals surface area contributed by atoms with Crippen molar-refractivity contribution >= 4 is 5.69 Å². The van der Waals surface area contributed by atoms with Crippen LogP contribution in [0.1, 0.15) is 31.4 Å². The molecule has 1 aliphatic heterocycles. The van der Waals surface area contributed by atoms with Crippen molar-refractivity contribution in [2.45, 2.75) is 31.8 Å². The van der Waals surface area contributed by atoms with Gasteiger partial charge in [0.15, 0.2) is 0 Å². The molecule has 2 unspecified atom stereocenters. The molecule has 0 spiro atoms. The van der Waals surface area contributed by atoms with E-state index in [2.05, 4.69) is 60.4 Å². The summed E-state index contributed by atoms with van der Waals surface area (Å²) >= 11 is 0. The van der Waals surface area contributed by atoms with Crippen molar-refractivity contribution in [1.82, 2.24) is 10.2 Å². The highest BCUT2D eigenvalue weighted by molar-refractivity contribution is 5.48. The van der Waals surface area contributed by atoms with Crippen LogP contribution in [0, 0.1) is 0 Å². The number of nitrogens with zero attached hydrogens (tertiary/aromatic N) is 2. The van der Waals surface area contributed by atoms with Crippen molar-refractivity contribution in [3.63, 3.8) is 0 Å². The lowest BCUT2D eigenvalue weighted by molar-refractivity contribution is 0.248. The van der Waals surface area contributed by atoms with Gasteiger partial charge in [0.25, 0.3) is 0 Å². The van der Waals surface area contributed by atoms with Crippen molar-refractivity contribution in [2.75, 3.05) is 39.1 Å². The predicted octanol–water partition coefficient (Wildman–Crippen LogP) is 2.50. The molecule has 0 radical (unpaired) electrons. The minimum absolute atomic E-state index is 0.417. The Morgan fingerprint density at radius 3 is 2.58 bits per heavy atom. The van der Waals surface area contributed by atoms with Crippen molar-refractivity contribution in [2.24, 2.45) is 0 Å². The molecule has 1 saturated heterocycles. The van der Waals surface area contributed by atoms with Crippen LogP contribution in [0.25, 0.3) is 0 Å². The summed E-state index contributed by atoms with van der Waals surface area (Å²) < 4.78 is 0. The van der Waals surface area contributed by atoms with E-state index in [1.165, 1.54) is 37.2 Å². The van der Waals surface area contributed by atoms with E-state index >= 15 is 0 Å². The second kappa shape index (κ2) is 6.40. The molecule has 2 rings (SSSR count). The molecule has 0 bridgehead atoms. The third-order valence-electron chi connectivity index (χ3n) is 4.38. The summed E-state index contributed by atoms with van der Waals surface area (Å²) in [6.45, 7) is 4.60. The van der Waals surface area contributed by atoms with E-state index in [9.17, 15) is 0 Å².